The summed E-state index contributed by atoms with van der Waals surface area (Å²) in [5.74, 6) is -0.615. The van der Waals surface area contributed by atoms with Gasteiger partial charge in [0.1, 0.15) is 17.7 Å². The van der Waals surface area contributed by atoms with Crippen LogP contribution in [0.15, 0.2) is 36.0 Å². The number of nitrogens with one attached hydrogen (secondary N) is 2. The third kappa shape index (κ3) is 4.15. The molecule has 6 heteroatoms. The van der Waals surface area contributed by atoms with E-state index in [2.05, 4.69) is 10.6 Å². The summed E-state index contributed by atoms with van der Waals surface area (Å²) >= 11 is 0. The summed E-state index contributed by atoms with van der Waals surface area (Å²) in [6, 6.07) is 10.2. The van der Waals surface area contributed by atoms with E-state index < -0.39 is 5.91 Å². The topological polar surface area (TPSA) is 109 Å². The third-order valence-electron chi connectivity index (χ3n) is 2.16. The average molecular weight is 256 g/mol. The maximum atomic E-state index is 11.8. The summed E-state index contributed by atoms with van der Waals surface area (Å²) in [4.78, 5) is 11.8. The van der Waals surface area contributed by atoms with Gasteiger partial charge in [-0.25, -0.2) is 0 Å². The van der Waals surface area contributed by atoms with Crippen molar-refractivity contribution in [2.45, 2.75) is 0 Å². The predicted molar refractivity (Wildman–Crippen MR) is 68.6 cm³/mol. The number of rotatable bonds is 5. The van der Waals surface area contributed by atoms with Gasteiger partial charge in [0, 0.05) is 12.7 Å². The summed E-state index contributed by atoms with van der Waals surface area (Å²) in [7, 11) is 0. The monoisotopic (exact) mass is 256 g/mol. The van der Waals surface area contributed by atoms with Crippen LogP contribution in [-0.2, 0) is 4.79 Å². The molecule has 0 spiro atoms. The first kappa shape index (κ1) is 14.2. The highest BCUT2D eigenvalue weighted by Crippen LogP contribution is 2.14. The van der Waals surface area contributed by atoms with Gasteiger partial charge in [-0.2, -0.15) is 10.5 Å². The number of aliphatic hydroxyl groups is 1. The number of nitriles is 2. The Morgan fingerprint density at radius 3 is 2.74 bits per heavy atom. The van der Waals surface area contributed by atoms with Crippen LogP contribution in [0, 0.1) is 22.7 Å². The molecule has 19 heavy (non-hydrogen) atoms. The lowest BCUT2D eigenvalue weighted by molar-refractivity contribution is -0.112. The van der Waals surface area contributed by atoms with Crippen molar-refractivity contribution < 1.29 is 9.90 Å². The summed E-state index contributed by atoms with van der Waals surface area (Å²) in [5.41, 5.74) is 0.524. The van der Waals surface area contributed by atoms with Crippen LogP contribution in [0.4, 0.5) is 5.69 Å². The molecule has 1 amide bonds. The highest BCUT2D eigenvalue weighted by Gasteiger charge is 2.11. The Morgan fingerprint density at radius 2 is 2.11 bits per heavy atom. The molecule has 0 radical (unpaired) electrons. The van der Waals surface area contributed by atoms with Crippen molar-refractivity contribution in [3.8, 4) is 12.1 Å². The summed E-state index contributed by atoms with van der Waals surface area (Å²) in [5, 5.41) is 31.4. The molecule has 0 unspecified atom stereocenters. The normalized spacial score (nSPS) is 10.2. The highest BCUT2D eigenvalue weighted by atomic mass is 16.3. The highest BCUT2D eigenvalue weighted by molar-refractivity contribution is 6.07. The number of carbonyl (C=O) groups is 1. The van der Waals surface area contributed by atoms with E-state index in [1.54, 1.807) is 30.3 Å². The summed E-state index contributed by atoms with van der Waals surface area (Å²) in [6.45, 7) is 0.140. The molecule has 0 heterocycles. The number of benzene rings is 1. The molecule has 0 atom stereocenters. The Morgan fingerprint density at radius 1 is 1.37 bits per heavy atom. The van der Waals surface area contributed by atoms with Crippen LogP contribution in [0.2, 0.25) is 0 Å². The second kappa shape index (κ2) is 7.49. The molecule has 0 saturated heterocycles. The number of carbonyl (C=O) groups excluding carboxylic acids is 1. The van der Waals surface area contributed by atoms with Crippen molar-refractivity contribution in [1.29, 1.82) is 10.5 Å². The summed E-state index contributed by atoms with van der Waals surface area (Å²) < 4.78 is 0. The van der Waals surface area contributed by atoms with Crippen LogP contribution in [0.5, 0.6) is 0 Å². The van der Waals surface area contributed by atoms with E-state index in [0.717, 1.165) is 0 Å². The standard InChI is InChI=1S/C13H12N4O2/c14-7-10-3-1-2-4-12(10)17-13(19)11(8-15)9-16-5-6-18/h1-4,9,16,18H,5-6H2,(H,17,19)/b11-9-. The minimum absolute atomic E-state index is 0.103. The number of amides is 1. The van der Waals surface area contributed by atoms with Crippen LogP contribution in [0.1, 0.15) is 5.56 Å². The number of aliphatic hydroxyl groups excluding tert-OH is 1. The Kier molecular flexibility index (Phi) is 5.61. The molecule has 1 aromatic carbocycles. The average Bonchev–Trinajstić information content (AvgIpc) is 2.44. The fourth-order valence-corrected chi connectivity index (χ4v) is 1.27. The summed E-state index contributed by atoms with van der Waals surface area (Å²) in [6.07, 6.45) is 1.22. The number of hydrogen-bond acceptors (Lipinski definition) is 5. The van der Waals surface area contributed by atoms with Gasteiger partial charge in [0.25, 0.3) is 5.91 Å². The molecular formula is C13H12N4O2. The number of hydrogen-bond donors (Lipinski definition) is 3. The van der Waals surface area contributed by atoms with E-state index in [0.29, 0.717) is 11.3 Å². The molecule has 96 valence electrons. The molecule has 0 aromatic heterocycles. The molecule has 0 saturated carbocycles. The smallest absolute Gasteiger partial charge is 0.267 e. The fraction of sp³-hybridized carbons (Fsp3) is 0.154. The molecule has 3 N–H and O–H groups in total. The largest absolute Gasteiger partial charge is 0.395 e. The van der Waals surface area contributed by atoms with Gasteiger partial charge in [-0.1, -0.05) is 12.1 Å². The van der Waals surface area contributed by atoms with Gasteiger partial charge in [0.2, 0.25) is 0 Å². The van der Waals surface area contributed by atoms with Gasteiger partial charge in [0.15, 0.2) is 0 Å². The Hall–Kier alpha value is -2.83. The molecule has 0 aliphatic carbocycles. The van der Waals surface area contributed by atoms with Gasteiger partial charge in [-0.05, 0) is 12.1 Å². The molecule has 1 rings (SSSR count). The molecule has 1 aromatic rings. The maximum absolute atomic E-state index is 11.8. The van der Waals surface area contributed by atoms with Gasteiger partial charge in [-0.3, -0.25) is 4.79 Å². The van der Waals surface area contributed by atoms with Crippen molar-refractivity contribution >= 4 is 11.6 Å². The first-order chi connectivity index (χ1) is 9.22. The van der Waals surface area contributed by atoms with Gasteiger partial charge in [-0.15, -0.1) is 0 Å². The zero-order valence-electron chi connectivity index (χ0n) is 10.1. The number of anilines is 1. The SMILES string of the molecule is N#C/C(=C/NCCO)C(=O)Nc1ccccc1C#N. The maximum Gasteiger partial charge on any atom is 0.267 e. The van der Waals surface area contributed by atoms with Gasteiger partial charge < -0.3 is 15.7 Å². The zero-order chi connectivity index (χ0) is 14.1. The van der Waals surface area contributed by atoms with Crippen LogP contribution in [0.3, 0.4) is 0 Å². The lowest BCUT2D eigenvalue weighted by Gasteiger charge is -2.06. The van der Waals surface area contributed by atoms with E-state index in [4.69, 9.17) is 15.6 Å². The van der Waals surface area contributed by atoms with E-state index in [1.807, 2.05) is 6.07 Å². The van der Waals surface area contributed by atoms with Crippen LogP contribution < -0.4 is 10.6 Å². The molecule has 6 nitrogen and oxygen atoms in total. The Labute approximate surface area is 110 Å². The second-order valence-corrected chi connectivity index (χ2v) is 3.46. The van der Waals surface area contributed by atoms with E-state index >= 15 is 0 Å². The minimum atomic E-state index is -0.615. The molecule has 0 bridgehead atoms. The minimum Gasteiger partial charge on any atom is -0.395 e. The van der Waals surface area contributed by atoms with Crippen molar-refractivity contribution in [1.82, 2.24) is 5.32 Å². The van der Waals surface area contributed by atoms with Crippen molar-refractivity contribution in [2.75, 3.05) is 18.5 Å². The van der Waals surface area contributed by atoms with E-state index in [9.17, 15) is 4.79 Å². The molecule has 0 aliphatic rings. The van der Waals surface area contributed by atoms with Crippen LogP contribution in [-0.4, -0.2) is 24.2 Å². The lowest BCUT2D eigenvalue weighted by Crippen LogP contribution is -2.18. The van der Waals surface area contributed by atoms with E-state index in [1.165, 1.54) is 6.20 Å². The third-order valence-corrected chi connectivity index (χ3v) is 2.16. The van der Waals surface area contributed by atoms with Crippen LogP contribution >= 0.6 is 0 Å². The van der Waals surface area contributed by atoms with E-state index in [-0.39, 0.29) is 18.7 Å². The fourth-order valence-electron chi connectivity index (χ4n) is 1.27. The lowest BCUT2D eigenvalue weighted by atomic mass is 10.2. The molecular weight excluding hydrogens is 244 g/mol. The van der Waals surface area contributed by atoms with Crippen molar-refractivity contribution in [3.05, 3.63) is 41.6 Å². The van der Waals surface area contributed by atoms with Gasteiger partial charge in [0.05, 0.1) is 17.9 Å². The van der Waals surface area contributed by atoms with Gasteiger partial charge >= 0.3 is 0 Å². The Bertz CT molecular complexity index is 567. The first-order valence-corrected chi connectivity index (χ1v) is 5.48. The number of para-hydroxylation sites is 1. The second-order valence-electron chi connectivity index (χ2n) is 3.46. The quantitative estimate of drug-likeness (QED) is 0.403. The number of nitrogens with zero attached hydrogens (tertiary/aromatic N) is 2. The zero-order valence-corrected chi connectivity index (χ0v) is 10.1. The van der Waals surface area contributed by atoms with Crippen LogP contribution in [0.25, 0.3) is 0 Å². The van der Waals surface area contributed by atoms with Crippen molar-refractivity contribution in [2.24, 2.45) is 0 Å². The molecule has 0 fully saturated rings. The molecule has 0 aliphatic heterocycles. The van der Waals surface area contributed by atoms with Crippen molar-refractivity contribution in [3.63, 3.8) is 0 Å². The predicted octanol–water partition coefficient (Wildman–Crippen LogP) is 0.486. The first-order valence-electron chi connectivity index (χ1n) is 5.48. The Balaban J connectivity index is 2.81.